The van der Waals surface area contributed by atoms with Crippen LogP contribution >= 0.6 is 0 Å². The summed E-state index contributed by atoms with van der Waals surface area (Å²) in [6.45, 7) is 23.5. The first kappa shape index (κ1) is 47.8. The number of nitrogens with zero attached hydrogens (tertiary/aromatic N) is 4. The number of carbonyl (C=O) groups excluding carboxylic acids is 3. The fourth-order valence-corrected chi connectivity index (χ4v) is 9.27. The van der Waals surface area contributed by atoms with Crippen molar-refractivity contribution in [1.82, 2.24) is 15.0 Å². The summed E-state index contributed by atoms with van der Waals surface area (Å²) < 4.78 is 11.0. The zero-order chi connectivity index (χ0) is 43.4. The Hall–Kier alpha value is -4.28. The second kappa shape index (κ2) is 20.7. The number of rotatable bonds is 17. The van der Waals surface area contributed by atoms with Crippen molar-refractivity contribution in [3.63, 3.8) is 0 Å². The SMILES string of the molecule is C=Cc1c2[n-]c(c1C)/C=C1\[N-]/C(=C3\c4[n-]c(c(C)c4C(=O)[C@@H]3C(=O)OC)/C=c3\[n-]/c(c(C)c3CC)=C\2)[C@@H](CCC(=O)OC/C=C(/C)CCC[C@H](C)CCC[C@H](C)CC)[C@@H]1C.[Mg+2]. The van der Waals surface area contributed by atoms with Crippen LogP contribution < -0.4 is 25.7 Å². The zero-order valence-corrected chi connectivity index (χ0v) is 39.7. The van der Waals surface area contributed by atoms with Crippen LogP contribution in [0.4, 0.5) is 0 Å². The van der Waals surface area contributed by atoms with Gasteiger partial charge >= 0.3 is 35.0 Å². The normalized spacial score (nSPS) is 22.2. The van der Waals surface area contributed by atoms with Gasteiger partial charge in [0, 0.05) is 12.0 Å². The maximum absolute atomic E-state index is 14.3. The van der Waals surface area contributed by atoms with Crippen LogP contribution in [0.15, 0.2) is 29.6 Å². The molecule has 0 saturated carbocycles. The summed E-state index contributed by atoms with van der Waals surface area (Å²) in [6, 6.07) is 0. The molecule has 0 aromatic carbocycles. The molecule has 0 radical (unpaired) electrons. The van der Waals surface area contributed by atoms with Crippen molar-refractivity contribution in [2.75, 3.05) is 13.7 Å². The van der Waals surface area contributed by atoms with Gasteiger partial charge < -0.3 is 29.7 Å². The van der Waals surface area contributed by atoms with E-state index in [1.54, 1.807) is 0 Å². The Kier molecular flexibility index (Phi) is 16.2. The van der Waals surface area contributed by atoms with Crippen LogP contribution in [-0.4, -0.2) is 54.5 Å². The molecule has 6 rings (SSSR count). The van der Waals surface area contributed by atoms with E-state index in [0.29, 0.717) is 40.2 Å². The molecule has 9 nitrogen and oxygen atoms in total. The molecule has 0 amide bonds. The van der Waals surface area contributed by atoms with Gasteiger partial charge in [0.1, 0.15) is 12.5 Å². The number of fused-ring (bicyclic) bond motifs is 7. The average molecular weight is 837 g/mol. The predicted octanol–water partition coefficient (Wildman–Crippen LogP) is 8.95. The average Bonchev–Trinajstić information content (AvgIpc) is 3.97. The van der Waals surface area contributed by atoms with Crippen LogP contribution in [0.25, 0.3) is 35.2 Å². The molecule has 3 aromatic heterocycles. The Morgan fingerprint density at radius 2 is 1.57 bits per heavy atom. The third-order valence-electron chi connectivity index (χ3n) is 13.4. The summed E-state index contributed by atoms with van der Waals surface area (Å²) in [4.78, 5) is 56.4. The molecule has 61 heavy (non-hydrogen) atoms. The molecule has 5 heterocycles. The van der Waals surface area contributed by atoms with E-state index in [1.165, 1.54) is 44.8 Å². The molecular weight excluding hydrogens is 773 g/mol. The maximum Gasteiger partial charge on any atom is 2.00 e. The van der Waals surface area contributed by atoms with E-state index in [2.05, 4.69) is 55.0 Å². The van der Waals surface area contributed by atoms with E-state index in [0.717, 1.165) is 81.1 Å². The fourth-order valence-electron chi connectivity index (χ4n) is 9.27. The van der Waals surface area contributed by atoms with Gasteiger partial charge in [0.25, 0.3) is 0 Å². The first-order chi connectivity index (χ1) is 28.7. The monoisotopic (exact) mass is 836 g/mol. The Bertz CT molecular complexity index is 2370. The van der Waals surface area contributed by atoms with Gasteiger partial charge in [-0.1, -0.05) is 131 Å². The molecule has 0 spiro atoms. The fraction of sp³-hybridized carbons (Fsp3) is 0.510. The number of ether oxygens (including phenoxy) is 2. The number of Topliss-reactive ketones (excluding diaryl/α,β-unsaturated/α-hetero) is 1. The third kappa shape index (κ3) is 10.0. The maximum atomic E-state index is 14.3. The van der Waals surface area contributed by atoms with Crippen LogP contribution in [0.2, 0.25) is 0 Å². The Balaban J connectivity index is 0.00000704. The van der Waals surface area contributed by atoms with Crippen LogP contribution in [0.5, 0.6) is 0 Å². The molecule has 0 N–H and O–H groups in total. The molecule has 322 valence electrons. The van der Waals surface area contributed by atoms with Crippen molar-refractivity contribution in [1.29, 1.82) is 0 Å². The Morgan fingerprint density at radius 3 is 2.26 bits per heavy atom. The molecule has 10 heteroatoms. The topological polar surface area (TPSA) is 126 Å². The van der Waals surface area contributed by atoms with Crippen molar-refractivity contribution in [2.24, 2.45) is 29.6 Å². The molecule has 1 aliphatic carbocycles. The minimum absolute atomic E-state index is 0. The largest absolute Gasteiger partial charge is 2.00 e. The molecule has 3 aromatic rings. The summed E-state index contributed by atoms with van der Waals surface area (Å²) in [5.74, 6) is -1.51. The number of hydrogen-bond donors (Lipinski definition) is 0. The van der Waals surface area contributed by atoms with Gasteiger partial charge in [-0.2, -0.15) is 11.4 Å². The van der Waals surface area contributed by atoms with Gasteiger partial charge in [0.15, 0.2) is 5.78 Å². The smallest absolute Gasteiger partial charge is 0.664 e. The van der Waals surface area contributed by atoms with Gasteiger partial charge in [-0.05, 0) is 88.7 Å². The summed E-state index contributed by atoms with van der Waals surface area (Å²) in [7, 11) is 1.29. The van der Waals surface area contributed by atoms with Crippen LogP contribution in [0.1, 0.15) is 160 Å². The van der Waals surface area contributed by atoms with Crippen LogP contribution in [0.3, 0.4) is 0 Å². The zero-order valence-electron chi connectivity index (χ0n) is 38.3. The Labute approximate surface area is 379 Å². The molecular formula is C51H64MgN4O5-2. The molecule has 0 unspecified atom stereocenters. The minimum Gasteiger partial charge on any atom is -0.664 e. The number of methoxy groups -OCH3 is 1. The molecule has 3 aliphatic rings. The van der Waals surface area contributed by atoms with Gasteiger partial charge in [-0.15, -0.1) is 33.5 Å². The van der Waals surface area contributed by atoms with Crippen LogP contribution in [-0.2, 0) is 25.5 Å². The minimum atomic E-state index is -1.22. The number of ketones is 1. The molecule has 1 fully saturated rings. The summed E-state index contributed by atoms with van der Waals surface area (Å²) in [5.41, 5.74) is 10.7. The summed E-state index contributed by atoms with van der Waals surface area (Å²) in [5, 5.41) is 6.82. The Morgan fingerprint density at radius 1 is 0.885 bits per heavy atom. The van der Waals surface area contributed by atoms with Crippen molar-refractivity contribution < 1.29 is 23.9 Å². The van der Waals surface area contributed by atoms with Crippen molar-refractivity contribution in [2.45, 2.75) is 127 Å². The molecule has 2 aliphatic heterocycles. The van der Waals surface area contributed by atoms with Crippen molar-refractivity contribution in [3.8, 4) is 0 Å². The van der Waals surface area contributed by atoms with Gasteiger partial charge in [-0.3, -0.25) is 14.4 Å². The van der Waals surface area contributed by atoms with Crippen molar-refractivity contribution in [3.05, 3.63) is 102 Å². The summed E-state index contributed by atoms with van der Waals surface area (Å²) >= 11 is 0. The van der Waals surface area contributed by atoms with Gasteiger partial charge in [-0.25, -0.2) is 0 Å². The molecule has 5 atom stereocenters. The molecule has 1 saturated heterocycles. The second-order valence-electron chi connectivity index (χ2n) is 17.5. The molecule has 8 bridgehead atoms. The second-order valence-corrected chi connectivity index (χ2v) is 17.5. The third-order valence-corrected chi connectivity index (χ3v) is 13.4. The van der Waals surface area contributed by atoms with Crippen LogP contribution in [0, 0.1) is 50.4 Å². The standard InChI is InChI=1S/C51H65N4O5.Mg/c1-12-28(4)17-15-18-29(5)19-16-20-30(6)23-24-60-44(56)22-21-37-33(9)40-25-38-31(7)35(13-2)42(52-38)26-39-32(8)36(14-3)43(53-39)27-41-34(10)45-49(55-41)46(48(37)54-40)47(50(45)57)51(58)59-11;/h13,23,25-29,33,37,47H,2,12,14-22,24H2,1,3-11H3,(H-,54,55,57);/q-3;+2/p-1/b30-23-,39-26-,40-25-,43-27-;/t28-,29-,33+,37+,47-;/m1./s1. The van der Waals surface area contributed by atoms with E-state index in [-0.39, 0.29) is 59.7 Å². The summed E-state index contributed by atoms with van der Waals surface area (Å²) in [6.07, 6.45) is 19.5. The number of esters is 2. The van der Waals surface area contributed by atoms with E-state index < -0.39 is 11.9 Å². The van der Waals surface area contributed by atoms with E-state index in [1.807, 2.05) is 44.2 Å². The first-order valence-electron chi connectivity index (χ1n) is 22.2. The van der Waals surface area contributed by atoms with Gasteiger partial charge in [0.2, 0.25) is 0 Å². The van der Waals surface area contributed by atoms with E-state index in [4.69, 9.17) is 29.7 Å². The predicted molar refractivity (Wildman–Crippen MR) is 246 cm³/mol. The first-order valence-corrected chi connectivity index (χ1v) is 22.2. The van der Waals surface area contributed by atoms with E-state index >= 15 is 0 Å². The van der Waals surface area contributed by atoms with E-state index in [9.17, 15) is 14.4 Å². The van der Waals surface area contributed by atoms with Gasteiger partial charge in [0.05, 0.1) is 7.11 Å². The van der Waals surface area contributed by atoms with Crippen molar-refractivity contribution >= 4 is 70.7 Å². The number of carbonyl (C=O) groups is 3. The number of hydrogen-bond acceptors (Lipinski definition) is 5. The number of aromatic nitrogens is 3. The number of allylic oxidation sites excluding steroid dienone is 3. The quantitative estimate of drug-likeness (QED) is 0.0571.